The second-order valence-corrected chi connectivity index (χ2v) is 12.8. The van der Waals surface area contributed by atoms with Crippen molar-refractivity contribution in [2.75, 3.05) is 10.6 Å². The van der Waals surface area contributed by atoms with Gasteiger partial charge in [-0.15, -0.1) is 11.8 Å². The van der Waals surface area contributed by atoms with E-state index in [0.29, 0.717) is 34.9 Å². The van der Waals surface area contributed by atoms with Crippen LogP contribution in [-0.4, -0.2) is 17.7 Å². The van der Waals surface area contributed by atoms with Gasteiger partial charge in [0, 0.05) is 21.8 Å². The van der Waals surface area contributed by atoms with Gasteiger partial charge in [-0.25, -0.2) is 4.39 Å². The molecule has 9 heteroatoms. The standard InChI is InChI=1S/C43H34FN3O4S/c44-34-18-20-35(21-19-34)46-43(50)40(32-12-6-2-7-13-32)52-38-26-22-36(23-27-38)45-42(49)39(47-41(48)33-14-8-3-9-15-33)28-30-16-24-37(25-17-30)51-29-31-10-4-1-5-11-31/h1-28,40H,29H2,(H,45,49)(H,46,50)(H,47,48)/b39-28-. The highest BCUT2D eigenvalue weighted by atomic mass is 32.2. The van der Waals surface area contributed by atoms with Gasteiger partial charge in [0.05, 0.1) is 0 Å². The molecule has 0 heterocycles. The number of amides is 3. The van der Waals surface area contributed by atoms with Crippen LogP contribution in [0.1, 0.15) is 32.3 Å². The number of ether oxygens (including phenoxy) is 1. The Morgan fingerprint density at radius 2 is 1.23 bits per heavy atom. The minimum Gasteiger partial charge on any atom is -0.489 e. The fourth-order valence-corrected chi connectivity index (χ4v) is 6.13. The smallest absolute Gasteiger partial charge is 0.272 e. The second-order valence-electron chi connectivity index (χ2n) is 11.6. The summed E-state index contributed by atoms with van der Waals surface area (Å²) in [5.74, 6) is -0.933. The van der Waals surface area contributed by atoms with Crippen molar-refractivity contribution in [1.29, 1.82) is 0 Å². The quantitative estimate of drug-likeness (QED) is 0.0822. The van der Waals surface area contributed by atoms with Crippen molar-refractivity contribution in [2.24, 2.45) is 0 Å². The zero-order valence-electron chi connectivity index (χ0n) is 27.9. The van der Waals surface area contributed by atoms with Gasteiger partial charge in [-0.1, -0.05) is 91.0 Å². The summed E-state index contributed by atoms with van der Waals surface area (Å²) in [6.07, 6.45) is 1.60. The van der Waals surface area contributed by atoms with E-state index in [1.165, 1.54) is 36.0 Å². The van der Waals surface area contributed by atoms with Crippen molar-refractivity contribution in [3.8, 4) is 5.75 Å². The number of hydrogen-bond donors (Lipinski definition) is 3. The molecular formula is C43H34FN3O4S. The third kappa shape index (κ3) is 10.1. The van der Waals surface area contributed by atoms with Crippen LogP contribution in [0.2, 0.25) is 0 Å². The van der Waals surface area contributed by atoms with Crippen LogP contribution in [0.4, 0.5) is 15.8 Å². The number of halogens is 1. The molecule has 0 radical (unpaired) electrons. The van der Waals surface area contributed by atoms with E-state index in [4.69, 9.17) is 4.74 Å². The van der Waals surface area contributed by atoms with Gasteiger partial charge in [0.25, 0.3) is 11.8 Å². The molecule has 52 heavy (non-hydrogen) atoms. The van der Waals surface area contributed by atoms with Crippen LogP contribution in [0.5, 0.6) is 5.75 Å². The maximum absolute atomic E-state index is 13.6. The van der Waals surface area contributed by atoms with Gasteiger partial charge in [0.2, 0.25) is 5.91 Å². The molecule has 0 aromatic heterocycles. The fourth-order valence-electron chi connectivity index (χ4n) is 5.10. The lowest BCUT2D eigenvalue weighted by Gasteiger charge is -2.17. The highest BCUT2D eigenvalue weighted by Gasteiger charge is 2.23. The maximum Gasteiger partial charge on any atom is 0.272 e. The number of carbonyl (C=O) groups is 3. The zero-order chi connectivity index (χ0) is 36.1. The topological polar surface area (TPSA) is 96.5 Å². The van der Waals surface area contributed by atoms with Crippen molar-refractivity contribution >= 4 is 46.9 Å². The lowest BCUT2D eigenvalue weighted by atomic mass is 10.1. The van der Waals surface area contributed by atoms with Crippen molar-refractivity contribution in [3.05, 3.63) is 198 Å². The molecule has 1 unspecified atom stereocenters. The van der Waals surface area contributed by atoms with Gasteiger partial charge in [0.15, 0.2) is 0 Å². The summed E-state index contributed by atoms with van der Waals surface area (Å²) < 4.78 is 19.3. The average molecular weight is 708 g/mol. The van der Waals surface area contributed by atoms with E-state index in [1.807, 2.05) is 103 Å². The third-order valence-electron chi connectivity index (χ3n) is 7.79. The van der Waals surface area contributed by atoms with E-state index >= 15 is 0 Å². The molecule has 6 aromatic carbocycles. The monoisotopic (exact) mass is 707 g/mol. The average Bonchev–Trinajstić information content (AvgIpc) is 3.19. The zero-order valence-corrected chi connectivity index (χ0v) is 28.7. The molecule has 0 aliphatic rings. The molecule has 0 bridgehead atoms. The van der Waals surface area contributed by atoms with Crippen molar-refractivity contribution in [1.82, 2.24) is 5.32 Å². The summed E-state index contributed by atoms with van der Waals surface area (Å²) in [6, 6.07) is 47.8. The molecule has 6 aromatic rings. The summed E-state index contributed by atoms with van der Waals surface area (Å²) in [7, 11) is 0. The molecule has 0 aliphatic carbocycles. The van der Waals surface area contributed by atoms with Gasteiger partial charge in [-0.2, -0.15) is 0 Å². The predicted molar refractivity (Wildman–Crippen MR) is 204 cm³/mol. The van der Waals surface area contributed by atoms with Crippen LogP contribution >= 0.6 is 11.8 Å². The molecule has 3 N–H and O–H groups in total. The third-order valence-corrected chi connectivity index (χ3v) is 9.05. The molecule has 0 saturated carbocycles. The number of benzene rings is 6. The lowest BCUT2D eigenvalue weighted by molar-refractivity contribution is -0.116. The van der Waals surface area contributed by atoms with Crippen LogP contribution in [0.3, 0.4) is 0 Å². The van der Waals surface area contributed by atoms with Crippen molar-refractivity contribution in [2.45, 2.75) is 16.8 Å². The van der Waals surface area contributed by atoms with Crippen molar-refractivity contribution < 1.29 is 23.5 Å². The number of anilines is 2. The molecule has 0 fully saturated rings. The number of thioether (sulfide) groups is 1. The number of nitrogens with one attached hydrogen (secondary N) is 3. The SMILES string of the molecule is O=C(Nc1ccc(SC(C(=O)Nc2ccc(F)cc2)c2ccccc2)cc1)/C(=C/c1ccc(OCc2ccccc2)cc1)NC(=O)c1ccccc1. The normalized spacial score (nSPS) is 11.6. The van der Waals surface area contributed by atoms with E-state index < -0.39 is 17.1 Å². The second kappa shape index (κ2) is 17.5. The first-order valence-corrected chi connectivity index (χ1v) is 17.3. The Balaban J connectivity index is 1.16. The van der Waals surface area contributed by atoms with Crippen LogP contribution < -0.4 is 20.7 Å². The highest BCUT2D eigenvalue weighted by Crippen LogP contribution is 2.37. The Kier molecular flexibility index (Phi) is 11.9. The van der Waals surface area contributed by atoms with Gasteiger partial charge in [-0.3, -0.25) is 14.4 Å². The van der Waals surface area contributed by atoms with Gasteiger partial charge in [0.1, 0.15) is 29.1 Å². The molecule has 0 spiro atoms. The largest absolute Gasteiger partial charge is 0.489 e. The Labute approximate surface area is 305 Å². The molecule has 6 rings (SSSR count). The molecule has 7 nitrogen and oxygen atoms in total. The minimum absolute atomic E-state index is 0.0480. The highest BCUT2D eigenvalue weighted by molar-refractivity contribution is 8.00. The van der Waals surface area contributed by atoms with E-state index in [-0.39, 0.29) is 17.4 Å². The molecule has 1 atom stereocenters. The van der Waals surface area contributed by atoms with E-state index in [9.17, 15) is 18.8 Å². The summed E-state index contributed by atoms with van der Waals surface area (Å²) in [5.41, 5.74) is 3.96. The van der Waals surface area contributed by atoms with E-state index in [1.54, 1.807) is 42.5 Å². The molecule has 3 amide bonds. The number of rotatable bonds is 13. The summed E-state index contributed by atoms with van der Waals surface area (Å²) in [4.78, 5) is 41.0. The Morgan fingerprint density at radius 3 is 1.88 bits per heavy atom. The minimum atomic E-state index is -0.607. The Morgan fingerprint density at radius 1 is 0.654 bits per heavy atom. The number of carbonyl (C=O) groups excluding carboxylic acids is 3. The molecule has 258 valence electrons. The lowest BCUT2D eigenvalue weighted by Crippen LogP contribution is -2.30. The van der Waals surface area contributed by atoms with Gasteiger partial charge in [-0.05, 0) is 95.6 Å². The number of hydrogen-bond acceptors (Lipinski definition) is 5. The first kappa shape index (κ1) is 35.4. The predicted octanol–water partition coefficient (Wildman–Crippen LogP) is 9.29. The molecule has 0 aliphatic heterocycles. The Hall–Kier alpha value is -6.45. The summed E-state index contributed by atoms with van der Waals surface area (Å²) in [6.45, 7) is 0.421. The summed E-state index contributed by atoms with van der Waals surface area (Å²) in [5, 5.41) is 7.90. The van der Waals surface area contributed by atoms with Crippen LogP contribution in [0.15, 0.2) is 174 Å². The molecule has 0 saturated heterocycles. The van der Waals surface area contributed by atoms with Crippen LogP contribution in [-0.2, 0) is 16.2 Å². The fraction of sp³-hybridized carbons (Fsp3) is 0.0465. The van der Waals surface area contributed by atoms with Gasteiger partial charge < -0.3 is 20.7 Å². The first-order valence-electron chi connectivity index (χ1n) is 16.4. The molecular weight excluding hydrogens is 674 g/mol. The summed E-state index contributed by atoms with van der Waals surface area (Å²) >= 11 is 1.34. The van der Waals surface area contributed by atoms with E-state index in [0.717, 1.165) is 16.0 Å². The first-order chi connectivity index (χ1) is 25.4. The van der Waals surface area contributed by atoms with Gasteiger partial charge >= 0.3 is 0 Å². The van der Waals surface area contributed by atoms with Crippen LogP contribution in [0, 0.1) is 5.82 Å². The Bertz CT molecular complexity index is 2130. The van der Waals surface area contributed by atoms with Crippen LogP contribution in [0.25, 0.3) is 6.08 Å². The van der Waals surface area contributed by atoms with E-state index in [2.05, 4.69) is 16.0 Å². The van der Waals surface area contributed by atoms with Crippen molar-refractivity contribution in [3.63, 3.8) is 0 Å². The maximum atomic E-state index is 13.6.